The van der Waals surface area contributed by atoms with Crippen LogP contribution in [0.1, 0.15) is 25.3 Å². The zero-order chi connectivity index (χ0) is 11.8. The highest BCUT2D eigenvalue weighted by Gasteiger charge is 2.02. The van der Waals surface area contributed by atoms with Crippen LogP contribution < -0.4 is 5.73 Å². The Morgan fingerprint density at radius 3 is 2.44 bits per heavy atom. The molecule has 0 fully saturated rings. The summed E-state index contributed by atoms with van der Waals surface area (Å²) < 4.78 is 0. The largest absolute Gasteiger partial charge is 0.399 e. The minimum absolute atomic E-state index is 0.291. The molecule has 0 aromatic heterocycles. The van der Waals surface area contributed by atoms with E-state index in [-0.39, 0.29) is 0 Å². The fourth-order valence-corrected chi connectivity index (χ4v) is 1.68. The summed E-state index contributed by atoms with van der Waals surface area (Å²) in [6.07, 6.45) is 1.94. The van der Waals surface area contributed by atoms with Gasteiger partial charge in [-0.15, -0.1) is 0 Å². The summed E-state index contributed by atoms with van der Waals surface area (Å²) in [5.41, 5.74) is 7.75. The summed E-state index contributed by atoms with van der Waals surface area (Å²) in [6.45, 7) is 5.50. The molecule has 0 saturated carbocycles. The number of nitrogens with two attached hydrogens (primary N) is 1. The standard InChI is InChI=1S/C13H22N2O/c1-2-15(9-3-4-10-16)11-12-5-7-13(14)8-6-12/h5-8,16H,2-4,9-11,14H2,1H3. The Morgan fingerprint density at radius 1 is 1.19 bits per heavy atom. The number of unbranched alkanes of at least 4 members (excludes halogenated alkanes) is 1. The summed E-state index contributed by atoms with van der Waals surface area (Å²) in [7, 11) is 0. The summed E-state index contributed by atoms with van der Waals surface area (Å²) in [4.78, 5) is 2.38. The fraction of sp³-hybridized carbons (Fsp3) is 0.538. The van der Waals surface area contributed by atoms with Crippen LogP contribution in [0.3, 0.4) is 0 Å². The van der Waals surface area contributed by atoms with Crippen molar-refractivity contribution < 1.29 is 5.11 Å². The predicted octanol–water partition coefficient (Wildman–Crippen LogP) is 1.86. The van der Waals surface area contributed by atoms with Gasteiger partial charge in [0.1, 0.15) is 0 Å². The van der Waals surface area contributed by atoms with Gasteiger partial charge in [-0.25, -0.2) is 0 Å². The van der Waals surface area contributed by atoms with E-state index in [0.717, 1.165) is 38.2 Å². The van der Waals surface area contributed by atoms with Crippen LogP contribution in [0.4, 0.5) is 5.69 Å². The van der Waals surface area contributed by atoms with E-state index in [1.54, 1.807) is 0 Å². The molecule has 0 heterocycles. The van der Waals surface area contributed by atoms with Gasteiger partial charge in [0.05, 0.1) is 0 Å². The van der Waals surface area contributed by atoms with E-state index in [4.69, 9.17) is 10.8 Å². The van der Waals surface area contributed by atoms with E-state index < -0.39 is 0 Å². The Hall–Kier alpha value is -1.06. The molecule has 0 atom stereocenters. The zero-order valence-electron chi connectivity index (χ0n) is 10.0. The normalized spacial score (nSPS) is 10.9. The van der Waals surface area contributed by atoms with Gasteiger partial charge in [-0.1, -0.05) is 19.1 Å². The maximum atomic E-state index is 8.74. The molecule has 0 spiro atoms. The van der Waals surface area contributed by atoms with Crippen molar-refractivity contribution in [3.05, 3.63) is 29.8 Å². The lowest BCUT2D eigenvalue weighted by Crippen LogP contribution is -2.24. The van der Waals surface area contributed by atoms with Crippen molar-refractivity contribution in [3.8, 4) is 0 Å². The third kappa shape index (κ3) is 4.64. The predicted molar refractivity (Wildman–Crippen MR) is 68.1 cm³/mol. The molecule has 0 saturated heterocycles. The van der Waals surface area contributed by atoms with E-state index >= 15 is 0 Å². The minimum atomic E-state index is 0.291. The van der Waals surface area contributed by atoms with E-state index in [9.17, 15) is 0 Å². The van der Waals surface area contributed by atoms with Crippen molar-refractivity contribution in [1.82, 2.24) is 4.90 Å². The van der Waals surface area contributed by atoms with Gasteiger partial charge in [0.25, 0.3) is 0 Å². The first-order valence-corrected chi connectivity index (χ1v) is 5.94. The number of nitrogen functional groups attached to an aromatic ring is 1. The van der Waals surface area contributed by atoms with Crippen molar-refractivity contribution in [2.24, 2.45) is 0 Å². The highest BCUT2D eigenvalue weighted by Crippen LogP contribution is 2.09. The molecular weight excluding hydrogens is 200 g/mol. The molecule has 90 valence electrons. The molecule has 3 N–H and O–H groups in total. The topological polar surface area (TPSA) is 49.5 Å². The molecule has 1 rings (SSSR count). The van der Waals surface area contributed by atoms with Gasteiger partial charge in [-0.3, -0.25) is 4.90 Å². The van der Waals surface area contributed by atoms with Gasteiger partial charge in [-0.05, 0) is 43.6 Å². The number of anilines is 1. The Labute approximate surface area is 97.9 Å². The molecule has 0 bridgehead atoms. The lowest BCUT2D eigenvalue weighted by Gasteiger charge is -2.20. The second-order valence-corrected chi connectivity index (χ2v) is 4.04. The molecule has 3 heteroatoms. The van der Waals surface area contributed by atoms with Crippen LogP contribution in [0.15, 0.2) is 24.3 Å². The number of rotatable bonds is 7. The monoisotopic (exact) mass is 222 g/mol. The smallest absolute Gasteiger partial charge is 0.0431 e. The number of nitrogens with zero attached hydrogens (tertiary/aromatic N) is 1. The first kappa shape index (κ1) is 13.0. The number of hydrogen-bond donors (Lipinski definition) is 2. The lowest BCUT2D eigenvalue weighted by atomic mass is 10.2. The minimum Gasteiger partial charge on any atom is -0.399 e. The number of aliphatic hydroxyl groups excluding tert-OH is 1. The van der Waals surface area contributed by atoms with E-state index in [2.05, 4.69) is 24.0 Å². The second kappa shape index (κ2) is 7.25. The summed E-state index contributed by atoms with van der Waals surface area (Å²) >= 11 is 0. The van der Waals surface area contributed by atoms with Crippen LogP contribution in [0.5, 0.6) is 0 Å². The van der Waals surface area contributed by atoms with Crippen molar-refractivity contribution in [1.29, 1.82) is 0 Å². The third-order valence-corrected chi connectivity index (χ3v) is 2.72. The van der Waals surface area contributed by atoms with Gasteiger partial charge in [0, 0.05) is 18.8 Å². The number of aliphatic hydroxyl groups is 1. The van der Waals surface area contributed by atoms with Crippen molar-refractivity contribution in [2.45, 2.75) is 26.3 Å². The second-order valence-electron chi connectivity index (χ2n) is 4.04. The number of benzene rings is 1. The third-order valence-electron chi connectivity index (χ3n) is 2.72. The van der Waals surface area contributed by atoms with Gasteiger partial charge in [-0.2, -0.15) is 0 Å². The molecule has 1 aromatic carbocycles. The Kier molecular flexibility index (Phi) is 5.90. The van der Waals surface area contributed by atoms with Crippen molar-refractivity contribution in [2.75, 3.05) is 25.4 Å². The molecule has 0 amide bonds. The van der Waals surface area contributed by atoms with E-state index in [1.165, 1.54) is 5.56 Å². The van der Waals surface area contributed by atoms with E-state index in [1.807, 2.05) is 12.1 Å². The molecule has 0 unspecified atom stereocenters. The molecule has 0 aliphatic rings. The molecule has 3 nitrogen and oxygen atoms in total. The quantitative estimate of drug-likeness (QED) is 0.547. The summed E-state index contributed by atoms with van der Waals surface area (Å²) in [5.74, 6) is 0. The van der Waals surface area contributed by atoms with Crippen LogP contribution in [0.2, 0.25) is 0 Å². The lowest BCUT2D eigenvalue weighted by molar-refractivity contribution is 0.243. The van der Waals surface area contributed by atoms with Crippen LogP contribution in [-0.2, 0) is 6.54 Å². The Bertz CT molecular complexity index is 284. The van der Waals surface area contributed by atoms with Crippen molar-refractivity contribution in [3.63, 3.8) is 0 Å². The van der Waals surface area contributed by atoms with Gasteiger partial charge >= 0.3 is 0 Å². The summed E-state index contributed by atoms with van der Waals surface area (Å²) in [6, 6.07) is 8.03. The van der Waals surface area contributed by atoms with Crippen molar-refractivity contribution >= 4 is 5.69 Å². The maximum absolute atomic E-state index is 8.74. The van der Waals surface area contributed by atoms with E-state index in [0.29, 0.717) is 6.61 Å². The van der Waals surface area contributed by atoms with Crippen LogP contribution in [-0.4, -0.2) is 29.7 Å². The molecule has 0 aliphatic carbocycles. The highest BCUT2D eigenvalue weighted by atomic mass is 16.2. The average molecular weight is 222 g/mol. The van der Waals surface area contributed by atoms with Gasteiger partial charge in [0.2, 0.25) is 0 Å². The molecule has 0 aliphatic heterocycles. The Balaban J connectivity index is 2.40. The average Bonchev–Trinajstić information content (AvgIpc) is 2.31. The zero-order valence-corrected chi connectivity index (χ0v) is 10.0. The molecule has 1 aromatic rings. The number of hydrogen-bond acceptors (Lipinski definition) is 3. The van der Waals surface area contributed by atoms with Gasteiger partial charge in [0.15, 0.2) is 0 Å². The highest BCUT2D eigenvalue weighted by molar-refractivity contribution is 5.39. The summed E-state index contributed by atoms with van der Waals surface area (Å²) in [5, 5.41) is 8.74. The molecule has 0 radical (unpaired) electrons. The Morgan fingerprint density at radius 2 is 1.88 bits per heavy atom. The molecule has 16 heavy (non-hydrogen) atoms. The first-order valence-electron chi connectivity index (χ1n) is 5.94. The fourth-order valence-electron chi connectivity index (χ4n) is 1.68. The first-order chi connectivity index (χ1) is 7.76. The maximum Gasteiger partial charge on any atom is 0.0431 e. The van der Waals surface area contributed by atoms with Gasteiger partial charge < -0.3 is 10.8 Å². The SMILES string of the molecule is CCN(CCCCO)Cc1ccc(N)cc1. The van der Waals surface area contributed by atoms with Crippen LogP contribution in [0.25, 0.3) is 0 Å². The van der Waals surface area contributed by atoms with Crippen LogP contribution >= 0.6 is 0 Å². The van der Waals surface area contributed by atoms with Crippen LogP contribution in [0, 0.1) is 0 Å². The molecular formula is C13H22N2O.